The summed E-state index contributed by atoms with van der Waals surface area (Å²) in [5, 5.41) is 0. The molecule has 1 aromatic rings. The summed E-state index contributed by atoms with van der Waals surface area (Å²) in [7, 11) is 0. The topological polar surface area (TPSA) is 29.4 Å². The van der Waals surface area contributed by atoms with Gasteiger partial charge in [0.25, 0.3) is 0 Å². The van der Waals surface area contributed by atoms with E-state index in [9.17, 15) is 4.79 Å². The Bertz CT molecular complexity index is 550. The van der Waals surface area contributed by atoms with Crippen molar-refractivity contribution in [1.82, 2.24) is 0 Å². The molecule has 0 saturated heterocycles. The SMILES string of the molecule is CC1(C)CCCC(c2ccccc2C2(N=C=O)CC2)C1. The van der Waals surface area contributed by atoms with Gasteiger partial charge >= 0.3 is 0 Å². The van der Waals surface area contributed by atoms with Gasteiger partial charge in [-0.2, -0.15) is 4.99 Å². The molecule has 0 radical (unpaired) electrons. The van der Waals surface area contributed by atoms with Gasteiger partial charge in [0.1, 0.15) is 0 Å². The average molecular weight is 269 g/mol. The van der Waals surface area contributed by atoms with Crippen molar-refractivity contribution in [1.29, 1.82) is 0 Å². The van der Waals surface area contributed by atoms with Crippen LogP contribution in [0.25, 0.3) is 0 Å². The Morgan fingerprint density at radius 3 is 2.60 bits per heavy atom. The minimum absolute atomic E-state index is 0.236. The second-order valence-corrected chi connectivity index (χ2v) is 7.28. The molecule has 2 heteroatoms. The van der Waals surface area contributed by atoms with Crippen LogP contribution >= 0.6 is 0 Å². The molecule has 0 amide bonds. The number of nitrogens with zero attached hydrogens (tertiary/aromatic N) is 1. The van der Waals surface area contributed by atoms with Crippen LogP contribution in [-0.4, -0.2) is 6.08 Å². The van der Waals surface area contributed by atoms with Crippen LogP contribution in [0.2, 0.25) is 0 Å². The second kappa shape index (κ2) is 4.86. The standard InChI is InChI=1S/C18H23NO/c1-17(2)9-5-6-14(12-17)15-7-3-4-8-16(15)18(10-11-18)19-13-20/h3-4,7-8,14H,5-6,9-12H2,1-2H3. The lowest BCUT2D eigenvalue weighted by atomic mass is 9.69. The minimum Gasteiger partial charge on any atom is -0.211 e. The molecule has 3 rings (SSSR count). The van der Waals surface area contributed by atoms with E-state index in [1.54, 1.807) is 6.08 Å². The Balaban J connectivity index is 1.96. The van der Waals surface area contributed by atoms with E-state index in [1.165, 1.54) is 36.8 Å². The quantitative estimate of drug-likeness (QED) is 0.578. The highest BCUT2D eigenvalue weighted by atomic mass is 16.1. The Labute approximate surface area is 121 Å². The molecule has 0 N–H and O–H groups in total. The van der Waals surface area contributed by atoms with Crippen LogP contribution in [0.5, 0.6) is 0 Å². The lowest BCUT2D eigenvalue weighted by molar-refractivity contribution is 0.218. The number of hydrogen-bond donors (Lipinski definition) is 0. The van der Waals surface area contributed by atoms with E-state index < -0.39 is 0 Å². The molecule has 106 valence electrons. The van der Waals surface area contributed by atoms with Crippen molar-refractivity contribution in [2.24, 2.45) is 10.4 Å². The van der Waals surface area contributed by atoms with Crippen LogP contribution in [0.3, 0.4) is 0 Å². The largest absolute Gasteiger partial charge is 0.235 e. The molecule has 0 spiro atoms. The first-order valence-corrected chi connectivity index (χ1v) is 7.75. The first-order chi connectivity index (χ1) is 9.56. The van der Waals surface area contributed by atoms with E-state index in [1.807, 2.05) is 0 Å². The van der Waals surface area contributed by atoms with Gasteiger partial charge in [-0.15, -0.1) is 0 Å². The van der Waals surface area contributed by atoms with E-state index in [0.29, 0.717) is 11.3 Å². The number of isocyanates is 1. The fourth-order valence-electron chi connectivity index (χ4n) is 3.89. The monoisotopic (exact) mass is 269 g/mol. The van der Waals surface area contributed by atoms with Crippen LogP contribution in [-0.2, 0) is 10.3 Å². The zero-order valence-electron chi connectivity index (χ0n) is 12.5. The van der Waals surface area contributed by atoms with Gasteiger partial charge in [0.2, 0.25) is 6.08 Å². The lowest BCUT2D eigenvalue weighted by Gasteiger charge is -2.36. The molecule has 1 unspecified atom stereocenters. The molecule has 2 aliphatic carbocycles. The average Bonchev–Trinajstić information content (AvgIpc) is 3.19. The van der Waals surface area contributed by atoms with Crippen molar-refractivity contribution in [2.45, 2.75) is 63.8 Å². The Hall–Kier alpha value is -1.40. The molecule has 0 bridgehead atoms. The molecule has 2 fully saturated rings. The van der Waals surface area contributed by atoms with Crippen molar-refractivity contribution in [3.05, 3.63) is 35.4 Å². The van der Waals surface area contributed by atoms with E-state index in [0.717, 1.165) is 12.8 Å². The maximum absolute atomic E-state index is 10.7. The smallest absolute Gasteiger partial charge is 0.211 e. The highest BCUT2D eigenvalue weighted by molar-refractivity contribution is 5.45. The lowest BCUT2D eigenvalue weighted by Crippen LogP contribution is -2.23. The van der Waals surface area contributed by atoms with Crippen LogP contribution in [0.15, 0.2) is 29.3 Å². The fourth-order valence-corrected chi connectivity index (χ4v) is 3.89. The van der Waals surface area contributed by atoms with Gasteiger partial charge in [-0.05, 0) is 54.6 Å². The van der Waals surface area contributed by atoms with Crippen molar-refractivity contribution >= 4 is 6.08 Å². The number of rotatable bonds is 3. The van der Waals surface area contributed by atoms with E-state index >= 15 is 0 Å². The van der Waals surface area contributed by atoms with Gasteiger partial charge < -0.3 is 0 Å². The summed E-state index contributed by atoms with van der Waals surface area (Å²) in [6.45, 7) is 4.75. The highest BCUT2D eigenvalue weighted by Crippen LogP contribution is 2.53. The molecule has 2 aliphatic rings. The Morgan fingerprint density at radius 1 is 1.20 bits per heavy atom. The summed E-state index contributed by atoms with van der Waals surface area (Å²) in [4.78, 5) is 14.9. The Kier molecular flexibility index (Phi) is 3.30. The summed E-state index contributed by atoms with van der Waals surface area (Å²) in [6, 6.07) is 8.63. The maximum atomic E-state index is 10.7. The van der Waals surface area contributed by atoms with Crippen molar-refractivity contribution in [3.63, 3.8) is 0 Å². The predicted octanol–water partition coefficient (Wildman–Crippen LogP) is 4.70. The number of benzene rings is 1. The zero-order chi connectivity index (χ0) is 14.2. The zero-order valence-corrected chi connectivity index (χ0v) is 12.5. The van der Waals surface area contributed by atoms with Crippen LogP contribution in [0.1, 0.15) is 69.4 Å². The van der Waals surface area contributed by atoms with E-state index in [-0.39, 0.29) is 5.54 Å². The maximum Gasteiger partial charge on any atom is 0.235 e. The molecule has 0 aromatic heterocycles. The molecule has 0 aliphatic heterocycles. The number of carbonyl (C=O) groups excluding carboxylic acids is 1. The van der Waals surface area contributed by atoms with Crippen LogP contribution in [0.4, 0.5) is 0 Å². The van der Waals surface area contributed by atoms with Crippen LogP contribution < -0.4 is 0 Å². The van der Waals surface area contributed by atoms with Gasteiger partial charge in [-0.25, -0.2) is 4.79 Å². The first kappa shape index (κ1) is 13.6. The third-order valence-corrected chi connectivity index (χ3v) is 5.09. The first-order valence-electron chi connectivity index (χ1n) is 7.75. The summed E-state index contributed by atoms with van der Waals surface area (Å²) >= 11 is 0. The molecule has 2 nitrogen and oxygen atoms in total. The summed E-state index contributed by atoms with van der Waals surface area (Å²) in [5.41, 5.74) is 2.91. The number of hydrogen-bond acceptors (Lipinski definition) is 2. The van der Waals surface area contributed by atoms with Crippen molar-refractivity contribution in [3.8, 4) is 0 Å². The normalized spacial score (nSPS) is 26.6. The third kappa shape index (κ3) is 2.45. The van der Waals surface area contributed by atoms with Gasteiger partial charge in [-0.3, -0.25) is 0 Å². The minimum atomic E-state index is -0.236. The number of aliphatic imine (C=N–C) groups is 1. The summed E-state index contributed by atoms with van der Waals surface area (Å²) in [6.07, 6.45) is 8.91. The molecule has 20 heavy (non-hydrogen) atoms. The second-order valence-electron chi connectivity index (χ2n) is 7.28. The van der Waals surface area contributed by atoms with Gasteiger partial charge in [0, 0.05) is 0 Å². The van der Waals surface area contributed by atoms with E-state index in [4.69, 9.17) is 0 Å². The molecule has 1 atom stereocenters. The molecular formula is C18H23NO. The highest BCUT2D eigenvalue weighted by Gasteiger charge is 2.47. The molecule has 1 aromatic carbocycles. The van der Waals surface area contributed by atoms with Crippen molar-refractivity contribution in [2.75, 3.05) is 0 Å². The van der Waals surface area contributed by atoms with Crippen LogP contribution in [0, 0.1) is 5.41 Å². The third-order valence-electron chi connectivity index (χ3n) is 5.09. The summed E-state index contributed by atoms with van der Waals surface area (Å²) < 4.78 is 0. The van der Waals surface area contributed by atoms with Crippen molar-refractivity contribution < 1.29 is 4.79 Å². The van der Waals surface area contributed by atoms with Gasteiger partial charge in [0.05, 0.1) is 5.54 Å². The fraction of sp³-hybridized carbons (Fsp3) is 0.611. The van der Waals surface area contributed by atoms with E-state index in [2.05, 4.69) is 43.1 Å². The molecular weight excluding hydrogens is 246 g/mol. The molecule has 0 heterocycles. The van der Waals surface area contributed by atoms with Gasteiger partial charge in [-0.1, -0.05) is 44.5 Å². The molecule has 2 saturated carbocycles. The predicted molar refractivity (Wildman–Crippen MR) is 80.5 cm³/mol. The summed E-state index contributed by atoms with van der Waals surface area (Å²) in [5.74, 6) is 0.620. The Morgan fingerprint density at radius 2 is 1.95 bits per heavy atom. The van der Waals surface area contributed by atoms with Gasteiger partial charge in [0.15, 0.2) is 0 Å².